The second-order valence-electron chi connectivity index (χ2n) is 6.89. The van der Waals surface area contributed by atoms with Gasteiger partial charge in [-0.05, 0) is 57.9 Å². The van der Waals surface area contributed by atoms with Gasteiger partial charge in [-0.3, -0.25) is 4.79 Å². The zero-order valence-electron chi connectivity index (χ0n) is 16.4. The summed E-state index contributed by atoms with van der Waals surface area (Å²) < 4.78 is 18.4. The maximum absolute atomic E-state index is 12.9. The van der Waals surface area contributed by atoms with E-state index in [1.54, 1.807) is 17.0 Å². The van der Waals surface area contributed by atoms with E-state index in [-0.39, 0.29) is 29.7 Å². The lowest BCUT2D eigenvalue weighted by molar-refractivity contribution is -0.136. The lowest BCUT2D eigenvalue weighted by Crippen LogP contribution is -2.50. The molecule has 150 valence electrons. The van der Waals surface area contributed by atoms with Crippen LogP contribution in [0, 0.1) is 11.7 Å². The van der Waals surface area contributed by atoms with Gasteiger partial charge in [-0.15, -0.1) is 0 Å². The maximum atomic E-state index is 12.9. The van der Waals surface area contributed by atoms with Gasteiger partial charge in [-0.2, -0.15) is 0 Å². The largest absolute Gasteiger partial charge is 0.491 e. The van der Waals surface area contributed by atoms with Gasteiger partial charge in [-0.25, -0.2) is 9.18 Å². The van der Waals surface area contributed by atoms with E-state index in [0.717, 1.165) is 13.1 Å². The normalized spacial score (nSPS) is 15.9. The summed E-state index contributed by atoms with van der Waals surface area (Å²) in [5.41, 5.74) is 0. The van der Waals surface area contributed by atoms with E-state index >= 15 is 0 Å². The van der Waals surface area contributed by atoms with Crippen LogP contribution in [-0.4, -0.2) is 60.6 Å². The number of likely N-dealkylation sites (tertiary alicyclic amines) is 1. The van der Waals surface area contributed by atoms with E-state index in [0.29, 0.717) is 38.3 Å². The number of piperidine rings is 1. The lowest BCUT2D eigenvalue weighted by Gasteiger charge is -2.34. The molecule has 0 bridgehead atoms. The van der Waals surface area contributed by atoms with E-state index in [1.807, 2.05) is 25.7 Å². The van der Waals surface area contributed by atoms with Crippen LogP contribution in [0.15, 0.2) is 24.3 Å². The minimum atomic E-state index is -0.313. The molecule has 2 rings (SSSR count). The fourth-order valence-corrected chi connectivity index (χ4v) is 3.22. The molecule has 1 fully saturated rings. The Morgan fingerprint density at radius 1 is 1.22 bits per heavy atom. The van der Waals surface area contributed by atoms with Crippen LogP contribution in [0.2, 0.25) is 0 Å². The summed E-state index contributed by atoms with van der Waals surface area (Å²) in [5, 5.41) is 2.91. The second kappa shape index (κ2) is 10.1. The fraction of sp³-hybridized carbons (Fsp3) is 0.600. The first-order valence-electron chi connectivity index (χ1n) is 9.67. The molecular formula is C20H30FN3O3. The topological polar surface area (TPSA) is 61.9 Å². The van der Waals surface area contributed by atoms with Crippen molar-refractivity contribution in [1.82, 2.24) is 15.1 Å². The average molecular weight is 379 g/mol. The third-order valence-electron chi connectivity index (χ3n) is 4.89. The average Bonchev–Trinajstić information content (AvgIpc) is 2.68. The monoisotopic (exact) mass is 379 g/mol. The van der Waals surface area contributed by atoms with Gasteiger partial charge in [0.2, 0.25) is 5.91 Å². The van der Waals surface area contributed by atoms with Crippen molar-refractivity contribution in [3.05, 3.63) is 30.1 Å². The van der Waals surface area contributed by atoms with Crippen LogP contribution in [-0.2, 0) is 4.79 Å². The first-order valence-corrected chi connectivity index (χ1v) is 9.67. The zero-order valence-corrected chi connectivity index (χ0v) is 16.4. The molecule has 6 nitrogen and oxygen atoms in total. The SMILES string of the molecule is CCN(CC)C(=O)C1CCN(C(=O)N[C@H](C)COc2ccc(F)cc2)CC1. The number of rotatable bonds is 7. The van der Waals surface area contributed by atoms with E-state index in [4.69, 9.17) is 4.74 Å². The van der Waals surface area contributed by atoms with Crippen LogP contribution in [0.4, 0.5) is 9.18 Å². The van der Waals surface area contributed by atoms with Crippen LogP contribution in [0.3, 0.4) is 0 Å². The number of carbonyl (C=O) groups is 2. The number of ether oxygens (including phenoxy) is 1. The van der Waals surface area contributed by atoms with Gasteiger partial charge in [-0.1, -0.05) is 0 Å². The Labute approximate surface area is 160 Å². The van der Waals surface area contributed by atoms with Crippen molar-refractivity contribution in [3.63, 3.8) is 0 Å². The number of amides is 3. The molecule has 1 aromatic rings. The molecule has 1 N–H and O–H groups in total. The predicted octanol–water partition coefficient (Wildman–Crippen LogP) is 2.88. The molecule has 3 amide bonds. The highest BCUT2D eigenvalue weighted by Crippen LogP contribution is 2.20. The summed E-state index contributed by atoms with van der Waals surface area (Å²) in [5.74, 6) is 0.453. The summed E-state index contributed by atoms with van der Waals surface area (Å²) in [6, 6.07) is 5.46. The highest BCUT2D eigenvalue weighted by atomic mass is 19.1. The van der Waals surface area contributed by atoms with E-state index in [2.05, 4.69) is 5.32 Å². The molecule has 1 heterocycles. The Kier molecular flexibility index (Phi) is 7.88. The first kappa shape index (κ1) is 21.0. The van der Waals surface area contributed by atoms with Crippen molar-refractivity contribution in [2.45, 2.75) is 39.7 Å². The van der Waals surface area contributed by atoms with Crippen molar-refractivity contribution in [2.24, 2.45) is 5.92 Å². The number of hydrogen-bond acceptors (Lipinski definition) is 3. The van der Waals surface area contributed by atoms with E-state index < -0.39 is 0 Å². The van der Waals surface area contributed by atoms with Gasteiger partial charge in [0.1, 0.15) is 18.2 Å². The van der Waals surface area contributed by atoms with Crippen LogP contribution in [0.1, 0.15) is 33.6 Å². The van der Waals surface area contributed by atoms with Crippen molar-refractivity contribution in [3.8, 4) is 5.75 Å². The van der Waals surface area contributed by atoms with Crippen molar-refractivity contribution >= 4 is 11.9 Å². The predicted molar refractivity (Wildman–Crippen MR) is 102 cm³/mol. The van der Waals surface area contributed by atoms with Gasteiger partial charge in [0.15, 0.2) is 0 Å². The zero-order chi connectivity index (χ0) is 19.8. The first-order chi connectivity index (χ1) is 12.9. The summed E-state index contributed by atoms with van der Waals surface area (Å²) >= 11 is 0. The third kappa shape index (κ3) is 6.12. The van der Waals surface area contributed by atoms with Crippen LogP contribution < -0.4 is 10.1 Å². The summed E-state index contributed by atoms with van der Waals surface area (Å²) in [4.78, 5) is 28.4. The highest BCUT2D eigenvalue weighted by Gasteiger charge is 2.29. The van der Waals surface area contributed by atoms with Crippen molar-refractivity contribution < 1.29 is 18.7 Å². The minimum absolute atomic E-state index is 0.00758. The number of nitrogens with one attached hydrogen (secondary N) is 1. The summed E-state index contributed by atoms with van der Waals surface area (Å²) in [6.45, 7) is 8.73. The highest BCUT2D eigenvalue weighted by molar-refractivity contribution is 5.79. The number of nitrogens with zero attached hydrogens (tertiary/aromatic N) is 2. The molecule has 0 unspecified atom stereocenters. The molecule has 1 aliphatic heterocycles. The molecular weight excluding hydrogens is 349 g/mol. The number of hydrogen-bond donors (Lipinski definition) is 1. The maximum Gasteiger partial charge on any atom is 0.317 e. The van der Waals surface area contributed by atoms with Gasteiger partial charge >= 0.3 is 6.03 Å². The molecule has 1 atom stereocenters. The Balaban J connectivity index is 1.73. The quantitative estimate of drug-likeness (QED) is 0.792. The van der Waals surface area contributed by atoms with Crippen molar-refractivity contribution in [1.29, 1.82) is 0 Å². The van der Waals surface area contributed by atoms with E-state index in [9.17, 15) is 14.0 Å². The number of urea groups is 1. The molecule has 1 saturated heterocycles. The number of carbonyl (C=O) groups excluding carboxylic acids is 2. The molecule has 0 radical (unpaired) electrons. The fourth-order valence-electron chi connectivity index (χ4n) is 3.22. The Morgan fingerprint density at radius 3 is 2.37 bits per heavy atom. The van der Waals surface area contributed by atoms with Crippen LogP contribution in [0.5, 0.6) is 5.75 Å². The second-order valence-corrected chi connectivity index (χ2v) is 6.89. The van der Waals surface area contributed by atoms with Gasteiger partial charge in [0, 0.05) is 32.1 Å². The van der Waals surface area contributed by atoms with Crippen LogP contribution in [0.25, 0.3) is 0 Å². The molecule has 0 saturated carbocycles. The van der Waals surface area contributed by atoms with E-state index in [1.165, 1.54) is 12.1 Å². The van der Waals surface area contributed by atoms with Crippen molar-refractivity contribution in [2.75, 3.05) is 32.8 Å². The van der Waals surface area contributed by atoms with Gasteiger partial charge in [0.25, 0.3) is 0 Å². The van der Waals surface area contributed by atoms with Gasteiger partial charge in [0.05, 0.1) is 6.04 Å². The number of halogens is 1. The summed E-state index contributed by atoms with van der Waals surface area (Å²) in [6.07, 6.45) is 1.40. The smallest absolute Gasteiger partial charge is 0.317 e. The Bertz CT molecular complexity index is 611. The summed E-state index contributed by atoms with van der Waals surface area (Å²) in [7, 11) is 0. The third-order valence-corrected chi connectivity index (χ3v) is 4.89. The molecule has 27 heavy (non-hydrogen) atoms. The Morgan fingerprint density at radius 2 is 1.81 bits per heavy atom. The van der Waals surface area contributed by atoms with Crippen LogP contribution >= 0.6 is 0 Å². The molecule has 1 aliphatic rings. The minimum Gasteiger partial charge on any atom is -0.491 e. The molecule has 7 heteroatoms. The molecule has 0 spiro atoms. The van der Waals surface area contributed by atoms with Gasteiger partial charge < -0.3 is 19.9 Å². The molecule has 0 aliphatic carbocycles. The molecule has 1 aromatic carbocycles. The Hall–Kier alpha value is -2.31. The standard InChI is InChI=1S/C20H30FN3O3/c1-4-23(5-2)19(25)16-10-12-24(13-11-16)20(26)22-15(3)14-27-18-8-6-17(21)7-9-18/h6-9,15-16H,4-5,10-14H2,1-3H3,(H,22,26)/t15-/m1/s1. The lowest BCUT2D eigenvalue weighted by atomic mass is 9.95. The molecule has 0 aromatic heterocycles. The number of benzene rings is 1.